The number of nitrogens with zero attached hydrogens (tertiary/aromatic N) is 1. The van der Waals surface area contributed by atoms with Crippen LogP contribution in [0.2, 0.25) is 0 Å². The average molecular weight is 368 g/mol. The summed E-state index contributed by atoms with van der Waals surface area (Å²) in [5.74, 6) is -0.614. The lowest BCUT2D eigenvalue weighted by molar-refractivity contribution is -0.533. The number of carbonyl (C=O) groups is 1. The molecule has 142 valence electrons. The molecule has 0 aromatic heterocycles. The molecule has 1 aliphatic carbocycles. The molecule has 24 heavy (non-hydrogen) atoms. The molecule has 0 heterocycles. The normalized spacial score (nSPS) is 21.8. The topological polar surface area (TPSA) is 208 Å². The molecule has 1 amide bonds. The minimum absolute atomic E-state index is 0. The number of quaternary nitrogens is 2. The van der Waals surface area contributed by atoms with Crippen molar-refractivity contribution in [1.29, 1.82) is 0 Å². The van der Waals surface area contributed by atoms with Crippen molar-refractivity contribution in [2.45, 2.75) is 52.1 Å². The SMILES string of the molecule is CC(=O)N[C@@H](CC(C)C)[C@@H]1CC=C(P(=O)([O-])[O-])C[C@@H]1[N+](=O)[O-].[NH4+].[NH4+]. The van der Waals surface area contributed by atoms with Gasteiger partial charge in [-0.25, -0.2) is 0 Å². The van der Waals surface area contributed by atoms with Crippen LogP contribution in [-0.2, 0) is 9.36 Å². The van der Waals surface area contributed by atoms with Crippen molar-refractivity contribution in [1.82, 2.24) is 17.6 Å². The van der Waals surface area contributed by atoms with Gasteiger partial charge >= 0.3 is 0 Å². The first-order valence-electron chi connectivity index (χ1n) is 7.14. The molecule has 0 aromatic rings. The van der Waals surface area contributed by atoms with Crippen LogP contribution < -0.4 is 27.4 Å². The maximum Gasteiger partial charge on any atom is 0.222 e. The van der Waals surface area contributed by atoms with E-state index >= 15 is 0 Å². The van der Waals surface area contributed by atoms with Crippen LogP contribution >= 0.6 is 7.60 Å². The molecule has 0 spiro atoms. The van der Waals surface area contributed by atoms with Crippen LogP contribution in [0.15, 0.2) is 11.4 Å². The highest BCUT2D eigenvalue weighted by Crippen LogP contribution is 2.44. The van der Waals surface area contributed by atoms with Crippen molar-refractivity contribution >= 4 is 13.5 Å². The Morgan fingerprint density at radius 1 is 1.42 bits per heavy atom. The summed E-state index contributed by atoms with van der Waals surface area (Å²) >= 11 is 0. The van der Waals surface area contributed by atoms with E-state index in [1.54, 1.807) is 0 Å². The highest BCUT2D eigenvalue weighted by atomic mass is 31.2. The molecular formula is C13H29N4O6P. The fraction of sp³-hybridized carbons (Fsp3) is 0.769. The molecule has 10 nitrogen and oxygen atoms in total. The minimum Gasteiger partial charge on any atom is -0.808 e. The molecule has 0 aliphatic heterocycles. The molecule has 0 saturated carbocycles. The van der Waals surface area contributed by atoms with Gasteiger partial charge in [-0.3, -0.25) is 14.9 Å². The summed E-state index contributed by atoms with van der Waals surface area (Å²) in [6.45, 7) is 5.20. The molecule has 0 radical (unpaired) electrons. The van der Waals surface area contributed by atoms with Gasteiger partial charge in [0.25, 0.3) is 0 Å². The number of nitro groups is 1. The van der Waals surface area contributed by atoms with Crippen LogP contribution in [0.25, 0.3) is 0 Å². The number of allylic oxidation sites excluding steroid dienone is 1. The summed E-state index contributed by atoms with van der Waals surface area (Å²) in [5.41, 5.74) is 0. The number of amides is 1. The lowest BCUT2D eigenvalue weighted by Crippen LogP contribution is -2.48. The first-order valence-corrected chi connectivity index (χ1v) is 8.68. The Balaban J connectivity index is 0. The highest BCUT2D eigenvalue weighted by molar-refractivity contribution is 7.53. The van der Waals surface area contributed by atoms with E-state index < -0.39 is 42.3 Å². The molecule has 1 aliphatic rings. The molecule has 9 N–H and O–H groups in total. The van der Waals surface area contributed by atoms with Gasteiger partial charge in [-0.1, -0.05) is 19.9 Å². The molecule has 1 rings (SSSR count). The van der Waals surface area contributed by atoms with Crippen LogP contribution in [0.4, 0.5) is 0 Å². The molecule has 0 fully saturated rings. The van der Waals surface area contributed by atoms with E-state index in [0.29, 0.717) is 6.42 Å². The molecule has 3 atom stereocenters. The zero-order valence-corrected chi connectivity index (χ0v) is 15.7. The first kappa shape index (κ1) is 24.9. The van der Waals surface area contributed by atoms with Gasteiger partial charge in [0.05, 0.1) is 5.92 Å². The quantitative estimate of drug-likeness (QED) is 0.355. The van der Waals surface area contributed by atoms with Gasteiger partial charge in [0.1, 0.15) is 0 Å². The fourth-order valence-corrected chi connectivity index (χ4v) is 3.61. The Kier molecular flexibility index (Phi) is 10.2. The summed E-state index contributed by atoms with van der Waals surface area (Å²) < 4.78 is 11.1. The molecule has 0 bridgehead atoms. The molecule has 0 aromatic carbocycles. The van der Waals surface area contributed by atoms with Gasteiger partial charge in [0, 0.05) is 24.3 Å². The maximum absolute atomic E-state index is 11.3. The standard InChI is InChI=1S/C13H23N2O6P.2H3N/c1-8(2)6-12(14-9(3)16)11-5-4-10(22(19,20)21)7-13(11)15(17)18;;/h4,8,11-13H,5-7H2,1-3H3,(H,14,16)(H2,19,20,21);2*1H3/t11-,12-,13-;;/m0../s1. The number of hydrogen-bond donors (Lipinski definition) is 3. The van der Waals surface area contributed by atoms with Gasteiger partial charge in [-0.2, -0.15) is 0 Å². The van der Waals surface area contributed by atoms with Crippen LogP contribution in [0.5, 0.6) is 0 Å². The second-order valence-electron chi connectivity index (χ2n) is 6.09. The molecule has 0 saturated heterocycles. The van der Waals surface area contributed by atoms with E-state index in [9.17, 15) is 29.3 Å². The smallest absolute Gasteiger partial charge is 0.222 e. The number of carbonyl (C=O) groups excluding carboxylic acids is 1. The summed E-state index contributed by atoms with van der Waals surface area (Å²) in [5, 5.41) is 13.6. The number of rotatable bonds is 6. The van der Waals surface area contributed by atoms with E-state index in [1.165, 1.54) is 13.0 Å². The second-order valence-corrected chi connectivity index (χ2v) is 7.66. The van der Waals surface area contributed by atoms with Crippen LogP contribution in [0.3, 0.4) is 0 Å². The van der Waals surface area contributed by atoms with Crippen molar-refractivity contribution in [3.8, 4) is 0 Å². The average Bonchev–Trinajstić information content (AvgIpc) is 2.34. The monoisotopic (exact) mass is 368 g/mol. The first-order chi connectivity index (χ1) is 10.0. The molecule has 11 heteroatoms. The van der Waals surface area contributed by atoms with Crippen molar-refractivity contribution < 1.29 is 24.1 Å². The van der Waals surface area contributed by atoms with Crippen molar-refractivity contribution in [3.63, 3.8) is 0 Å². The predicted molar refractivity (Wildman–Crippen MR) is 88.2 cm³/mol. The van der Waals surface area contributed by atoms with E-state index in [2.05, 4.69) is 5.32 Å². The van der Waals surface area contributed by atoms with E-state index in [0.717, 1.165) is 0 Å². The lowest BCUT2D eigenvalue weighted by atomic mass is 9.80. The van der Waals surface area contributed by atoms with Crippen molar-refractivity contribution in [3.05, 3.63) is 21.5 Å². The van der Waals surface area contributed by atoms with Gasteiger partial charge < -0.3 is 32.0 Å². The zero-order valence-electron chi connectivity index (χ0n) is 14.9. The van der Waals surface area contributed by atoms with E-state index in [4.69, 9.17) is 0 Å². The number of hydrogen-bond acceptors (Lipinski definition) is 6. The zero-order chi connectivity index (χ0) is 17.1. The number of nitrogens with one attached hydrogen (secondary N) is 1. The summed E-state index contributed by atoms with van der Waals surface area (Å²) in [4.78, 5) is 44.3. The van der Waals surface area contributed by atoms with E-state index in [-0.39, 0.29) is 30.5 Å². The van der Waals surface area contributed by atoms with Crippen LogP contribution in [-0.4, -0.2) is 22.9 Å². The van der Waals surface area contributed by atoms with Crippen LogP contribution in [0.1, 0.15) is 40.0 Å². The summed E-state index contributed by atoms with van der Waals surface area (Å²) in [7, 11) is -4.96. The Bertz CT molecular complexity index is 519. The van der Waals surface area contributed by atoms with Gasteiger partial charge in [0.2, 0.25) is 11.9 Å². The van der Waals surface area contributed by atoms with Crippen molar-refractivity contribution in [2.24, 2.45) is 11.8 Å². The van der Waals surface area contributed by atoms with Gasteiger partial charge in [-0.05, 0) is 31.7 Å². The lowest BCUT2D eigenvalue weighted by Gasteiger charge is -2.39. The Hall–Kier alpha value is -1.32. The predicted octanol–water partition coefficient (Wildman–Crippen LogP) is 1.14. The van der Waals surface area contributed by atoms with Gasteiger partial charge in [0.15, 0.2) is 0 Å². The van der Waals surface area contributed by atoms with Crippen molar-refractivity contribution in [2.75, 3.05) is 0 Å². The van der Waals surface area contributed by atoms with Crippen LogP contribution in [0, 0.1) is 22.0 Å². The van der Waals surface area contributed by atoms with E-state index in [1.807, 2.05) is 13.8 Å². The summed E-state index contributed by atoms with van der Waals surface area (Å²) in [6, 6.07) is -1.62. The Morgan fingerprint density at radius 2 is 1.96 bits per heavy atom. The fourth-order valence-electron chi connectivity index (χ4n) is 2.87. The van der Waals surface area contributed by atoms with Gasteiger partial charge in [-0.15, -0.1) is 0 Å². The third-order valence-electron chi connectivity index (χ3n) is 3.79. The second kappa shape index (κ2) is 9.85. The molecule has 0 unspecified atom stereocenters. The maximum atomic E-state index is 11.3. The Morgan fingerprint density at radius 3 is 2.33 bits per heavy atom. The Labute approximate surface area is 141 Å². The largest absolute Gasteiger partial charge is 0.808 e. The molecular weight excluding hydrogens is 339 g/mol. The summed E-state index contributed by atoms with van der Waals surface area (Å²) in [6.07, 6.45) is 1.49. The highest BCUT2D eigenvalue weighted by Gasteiger charge is 2.40. The minimum atomic E-state index is -4.96. The third-order valence-corrected chi connectivity index (χ3v) is 4.86. The third kappa shape index (κ3) is 7.06.